The number of carbonyl (C=O) groups excluding carboxylic acids is 1. The number of rotatable bonds is 6. The lowest BCUT2D eigenvalue weighted by atomic mass is 9.77. The Morgan fingerprint density at radius 1 is 1.14 bits per heavy atom. The first-order valence-corrected chi connectivity index (χ1v) is 10.3. The zero-order valence-electron chi connectivity index (χ0n) is 16.9. The van der Waals surface area contributed by atoms with Crippen molar-refractivity contribution in [2.75, 3.05) is 0 Å². The van der Waals surface area contributed by atoms with Gasteiger partial charge in [-0.3, -0.25) is 9.48 Å². The molecule has 1 amide bonds. The number of hydrogen-bond acceptors (Lipinski definition) is 2. The molecule has 1 heterocycles. The van der Waals surface area contributed by atoms with Crippen molar-refractivity contribution < 1.29 is 18.0 Å². The highest BCUT2D eigenvalue weighted by molar-refractivity contribution is 5.94. The van der Waals surface area contributed by atoms with E-state index in [1.165, 1.54) is 11.8 Å². The Bertz CT molecular complexity index is 865. The van der Waals surface area contributed by atoms with E-state index in [0.717, 1.165) is 62.9 Å². The number of primary amides is 1. The van der Waals surface area contributed by atoms with Crippen LogP contribution in [0.3, 0.4) is 0 Å². The summed E-state index contributed by atoms with van der Waals surface area (Å²) in [5.74, 6) is -0.261. The van der Waals surface area contributed by atoms with E-state index in [1.807, 2.05) is 0 Å². The minimum absolute atomic E-state index is 0.00351. The Hall–Kier alpha value is -2.31. The van der Waals surface area contributed by atoms with Gasteiger partial charge in [0.05, 0.1) is 11.3 Å². The lowest BCUT2D eigenvalue weighted by molar-refractivity contribution is -0.137. The minimum Gasteiger partial charge on any atom is -0.366 e. The number of amides is 1. The molecule has 2 aromatic rings. The van der Waals surface area contributed by atoms with E-state index in [2.05, 4.69) is 29.7 Å². The van der Waals surface area contributed by atoms with Crippen molar-refractivity contribution in [3.05, 3.63) is 52.3 Å². The molecule has 0 spiro atoms. The number of nitrogens with zero attached hydrogens (tertiary/aromatic N) is 2. The summed E-state index contributed by atoms with van der Waals surface area (Å²) in [6.07, 6.45) is 0.937. The van der Waals surface area contributed by atoms with Crippen LogP contribution in [0.15, 0.2) is 24.3 Å². The van der Waals surface area contributed by atoms with Crippen LogP contribution in [-0.2, 0) is 25.6 Å². The molecule has 0 atom stereocenters. The van der Waals surface area contributed by atoms with Crippen molar-refractivity contribution in [1.29, 1.82) is 0 Å². The van der Waals surface area contributed by atoms with Crippen LogP contribution < -0.4 is 5.73 Å². The fourth-order valence-electron chi connectivity index (χ4n) is 4.33. The van der Waals surface area contributed by atoms with Crippen LogP contribution in [0.25, 0.3) is 0 Å². The molecule has 4 nitrogen and oxygen atoms in total. The summed E-state index contributed by atoms with van der Waals surface area (Å²) in [7, 11) is 0. The molecule has 1 aliphatic carbocycles. The summed E-state index contributed by atoms with van der Waals surface area (Å²) in [5.41, 5.74) is 7.54. The van der Waals surface area contributed by atoms with Gasteiger partial charge < -0.3 is 5.73 Å². The van der Waals surface area contributed by atoms with E-state index in [-0.39, 0.29) is 11.5 Å². The number of aromatic nitrogens is 2. The second kappa shape index (κ2) is 8.59. The molecule has 1 aromatic heterocycles. The van der Waals surface area contributed by atoms with E-state index < -0.39 is 17.6 Å². The van der Waals surface area contributed by atoms with Gasteiger partial charge in [-0.1, -0.05) is 19.9 Å². The van der Waals surface area contributed by atoms with Gasteiger partial charge in [0, 0.05) is 17.8 Å². The molecule has 1 aromatic carbocycles. The van der Waals surface area contributed by atoms with Crippen LogP contribution in [-0.4, -0.2) is 15.7 Å². The van der Waals surface area contributed by atoms with Crippen LogP contribution >= 0.6 is 0 Å². The normalized spacial score (nSPS) is 20.0. The molecule has 0 radical (unpaired) electrons. The average molecular weight is 407 g/mol. The zero-order valence-corrected chi connectivity index (χ0v) is 16.9. The third kappa shape index (κ3) is 4.82. The van der Waals surface area contributed by atoms with Gasteiger partial charge in [-0.05, 0) is 74.1 Å². The number of alkyl halides is 3. The van der Waals surface area contributed by atoms with Gasteiger partial charge in [-0.15, -0.1) is 0 Å². The number of nitrogens with two attached hydrogens (primary N) is 1. The maximum atomic E-state index is 13.0. The SMILES string of the molecule is CCc1cc(CC)n(CC2CCC(c3ccc(C(F)(F)F)cc3C(N)=O)CC2)n1. The molecule has 0 bridgehead atoms. The molecule has 0 unspecified atom stereocenters. The van der Waals surface area contributed by atoms with Crippen molar-refractivity contribution >= 4 is 5.91 Å². The van der Waals surface area contributed by atoms with Gasteiger partial charge in [0.1, 0.15) is 0 Å². The van der Waals surface area contributed by atoms with Crippen molar-refractivity contribution in [1.82, 2.24) is 9.78 Å². The number of halogens is 3. The van der Waals surface area contributed by atoms with Gasteiger partial charge in [-0.25, -0.2) is 0 Å². The molecule has 1 aliphatic rings. The number of benzene rings is 1. The standard InChI is InChI=1S/C22H28F3N3O/c1-3-17-12-18(4-2)28(27-17)13-14-5-7-15(8-6-14)19-10-9-16(22(23,24)25)11-20(19)21(26)29/h9-12,14-15H,3-8,13H2,1-2H3,(H2,26,29). The monoisotopic (exact) mass is 407 g/mol. The first kappa shape index (κ1) is 21.4. The minimum atomic E-state index is -4.49. The second-order valence-electron chi connectivity index (χ2n) is 7.90. The molecule has 158 valence electrons. The van der Waals surface area contributed by atoms with Crippen molar-refractivity contribution in [2.24, 2.45) is 11.7 Å². The molecule has 7 heteroatoms. The summed E-state index contributed by atoms with van der Waals surface area (Å²) < 4.78 is 41.1. The van der Waals surface area contributed by atoms with E-state index in [0.29, 0.717) is 11.5 Å². The first-order valence-electron chi connectivity index (χ1n) is 10.3. The highest BCUT2D eigenvalue weighted by Crippen LogP contribution is 2.39. The number of aryl methyl sites for hydroxylation is 2. The van der Waals surface area contributed by atoms with Gasteiger partial charge >= 0.3 is 6.18 Å². The predicted molar refractivity (Wildman–Crippen MR) is 106 cm³/mol. The summed E-state index contributed by atoms with van der Waals surface area (Å²) in [5, 5.41) is 4.69. The number of carbonyl (C=O) groups is 1. The molecule has 1 saturated carbocycles. The van der Waals surface area contributed by atoms with Gasteiger partial charge in [0.15, 0.2) is 0 Å². The lowest BCUT2D eigenvalue weighted by Crippen LogP contribution is -2.22. The largest absolute Gasteiger partial charge is 0.416 e. The van der Waals surface area contributed by atoms with Crippen LogP contribution in [0.5, 0.6) is 0 Å². The Labute approximate surface area is 169 Å². The highest BCUT2D eigenvalue weighted by Gasteiger charge is 2.33. The smallest absolute Gasteiger partial charge is 0.366 e. The lowest BCUT2D eigenvalue weighted by Gasteiger charge is -2.30. The summed E-state index contributed by atoms with van der Waals surface area (Å²) >= 11 is 0. The summed E-state index contributed by atoms with van der Waals surface area (Å²) in [4.78, 5) is 11.8. The van der Waals surface area contributed by atoms with Crippen LogP contribution in [0, 0.1) is 5.92 Å². The van der Waals surface area contributed by atoms with Crippen molar-refractivity contribution in [3.8, 4) is 0 Å². The molecule has 3 rings (SSSR count). The molecule has 0 saturated heterocycles. The van der Waals surface area contributed by atoms with Crippen LogP contribution in [0.1, 0.15) is 78.3 Å². The Kier molecular flexibility index (Phi) is 6.34. The molecule has 29 heavy (non-hydrogen) atoms. The Balaban J connectivity index is 1.71. The van der Waals surface area contributed by atoms with Crippen molar-refractivity contribution in [3.63, 3.8) is 0 Å². The van der Waals surface area contributed by atoms with Crippen LogP contribution in [0.2, 0.25) is 0 Å². The molecule has 1 fully saturated rings. The maximum absolute atomic E-state index is 13.0. The van der Waals surface area contributed by atoms with Gasteiger partial charge in [0.25, 0.3) is 0 Å². The van der Waals surface area contributed by atoms with Gasteiger partial charge in [0.2, 0.25) is 5.91 Å². The molecular weight excluding hydrogens is 379 g/mol. The maximum Gasteiger partial charge on any atom is 0.416 e. The molecule has 0 aliphatic heterocycles. The highest BCUT2D eigenvalue weighted by atomic mass is 19.4. The van der Waals surface area contributed by atoms with E-state index in [1.54, 1.807) is 0 Å². The third-order valence-corrected chi connectivity index (χ3v) is 6.00. The molecular formula is C22H28F3N3O. The van der Waals surface area contributed by atoms with Crippen LogP contribution in [0.4, 0.5) is 13.2 Å². The number of hydrogen-bond donors (Lipinski definition) is 1. The van der Waals surface area contributed by atoms with E-state index in [9.17, 15) is 18.0 Å². The molecule has 2 N–H and O–H groups in total. The third-order valence-electron chi connectivity index (χ3n) is 6.00. The predicted octanol–water partition coefficient (Wildman–Crippen LogP) is 5.10. The topological polar surface area (TPSA) is 60.9 Å². The first-order chi connectivity index (χ1) is 13.7. The Morgan fingerprint density at radius 2 is 1.83 bits per heavy atom. The fraction of sp³-hybridized carbons (Fsp3) is 0.545. The summed E-state index contributed by atoms with van der Waals surface area (Å²) in [6.45, 7) is 5.09. The zero-order chi connectivity index (χ0) is 21.2. The Morgan fingerprint density at radius 3 is 2.38 bits per heavy atom. The fourth-order valence-corrected chi connectivity index (χ4v) is 4.33. The van der Waals surface area contributed by atoms with E-state index >= 15 is 0 Å². The van der Waals surface area contributed by atoms with Crippen molar-refractivity contribution in [2.45, 2.75) is 71.0 Å². The van der Waals surface area contributed by atoms with Gasteiger partial charge in [-0.2, -0.15) is 18.3 Å². The average Bonchev–Trinajstić information content (AvgIpc) is 3.09. The van der Waals surface area contributed by atoms with E-state index in [4.69, 9.17) is 5.73 Å². The summed E-state index contributed by atoms with van der Waals surface area (Å²) in [6, 6.07) is 5.54. The second-order valence-corrected chi connectivity index (χ2v) is 7.90. The quantitative estimate of drug-likeness (QED) is 0.724.